The zero-order chi connectivity index (χ0) is 9.68. The third-order valence-electron chi connectivity index (χ3n) is 1.85. The fraction of sp³-hybridized carbons (Fsp3) is 0.600. The van der Waals surface area contributed by atoms with E-state index in [4.69, 9.17) is 9.52 Å². The van der Waals surface area contributed by atoms with Gasteiger partial charge in [-0.3, -0.25) is 0 Å². The van der Waals surface area contributed by atoms with Crippen molar-refractivity contribution in [3.8, 4) is 0 Å². The fourth-order valence-corrected chi connectivity index (χ4v) is 1.17. The molecule has 0 radical (unpaired) electrons. The van der Waals surface area contributed by atoms with Crippen LogP contribution in [0.5, 0.6) is 0 Å². The Morgan fingerprint density at radius 2 is 2.31 bits per heavy atom. The maximum absolute atomic E-state index is 9.04. The second-order valence-corrected chi connectivity index (χ2v) is 3.44. The number of aliphatic hydroxyl groups is 1. The number of rotatable bonds is 5. The van der Waals surface area contributed by atoms with E-state index in [1.54, 1.807) is 13.2 Å². The molecule has 0 saturated heterocycles. The van der Waals surface area contributed by atoms with Crippen LogP contribution >= 0.6 is 0 Å². The van der Waals surface area contributed by atoms with Crippen LogP contribution in [0.2, 0.25) is 0 Å². The van der Waals surface area contributed by atoms with Crippen LogP contribution in [0.1, 0.15) is 19.6 Å². The molecule has 0 aliphatic carbocycles. The molecule has 3 nitrogen and oxygen atoms in total. The Hall–Kier alpha value is -0.800. The summed E-state index contributed by atoms with van der Waals surface area (Å²) in [4.78, 5) is 0. The van der Waals surface area contributed by atoms with Gasteiger partial charge in [0.15, 0.2) is 0 Å². The van der Waals surface area contributed by atoms with Gasteiger partial charge in [0.1, 0.15) is 5.76 Å². The van der Waals surface area contributed by atoms with E-state index < -0.39 is 0 Å². The number of nitrogens with one attached hydrogen (secondary N) is 1. The second kappa shape index (κ2) is 5.04. The average molecular weight is 183 g/mol. The normalized spacial score (nSPS) is 15.6. The summed E-state index contributed by atoms with van der Waals surface area (Å²) in [5.74, 6) is 0.977. The first-order chi connectivity index (χ1) is 6.18. The Morgan fingerprint density at radius 1 is 1.54 bits per heavy atom. The highest BCUT2D eigenvalue weighted by Crippen LogP contribution is 2.03. The highest BCUT2D eigenvalue weighted by Gasteiger charge is 2.05. The number of furan rings is 1. The maximum Gasteiger partial charge on any atom is 0.105 e. The van der Waals surface area contributed by atoms with Crippen LogP contribution in [0.15, 0.2) is 22.8 Å². The summed E-state index contributed by atoms with van der Waals surface area (Å²) < 4.78 is 5.21. The molecule has 1 rings (SSSR count). The lowest BCUT2D eigenvalue weighted by Gasteiger charge is -2.13. The van der Waals surface area contributed by atoms with Crippen molar-refractivity contribution in [3.05, 3.63) is 24.2 Å². The molecule has 0 amide bonds. The lowest BCUT2D eigenvalue weighted by Crippen LogP contribution is -2.33. The lowest BCUT2D eigenvalue weighted by atomic mass is 10.2. The van der Waals surface area contributed by atoms with Gasteiger partial charge in [-0.05, 0) is 26.0 Å². The van der Waals surface area contributed by atoms with E-state index in [0.717, 1.165) is 12.2 Å². The van der Waals surface area contributed by atoms with Gasteiger partial charge in [-0.1, -0.05) is 0 Å². The molecule has 0 fully saturated rings. The molecule has 0 bridgehead atoms. The van der Waals surface area contributed by atoms with Crippen molar-refractivity contribution in [1.82, 2.24) is 5.32 Å². The first-order valence-electron chi connectivity index (χ1n) is 4.62. The molecule has 3 heteroatoms. The number of aliphatic hydroxyl groups excluding tert-OH is 1. The minimum atomic E-state index is -0.293. The van der Waals surface area contributed by atoms with E-state index >= 15 is 0 Å². The van der Waals surface area contributed by atoms with Crippen molar-refractivity contribution in [3.63, 3.8) is 0 Å². The minimum absolute atomic E-state index is 0.293. The van der Waals surface area contributed by atoms with Gasteiger partial charge in [-0.25, -0.2) is 0 Å². The van der Waals surface area contributed by atoms with Crippen LogP contribution in [-0.2, 0) is 6.42 Å². The van der Waals surface area contributed by atoms with Gasteiger partial charge in [-0.15, -0.1) is 0 Å². The Morgan fingerprint density at radius 3 is 2.85 bits per heavy atom. The molecule has 0 aliphatic heterocycles. The van der Waals surface area contributed by atoms with Crippen LogP contribution in [0, 0.1) is 0 Å². The zero-order valence-electron chi connectivity index (χ0n) is 8.16. The van der Waals surface area contributed by atoms with Crippen LogP contribution in [-0.4, -0.2) is 23.8 Å². The largest absolute Gasteiger partial charge is 0.469 e. The molecule has 1 heterocycles. The van der Waals surface area contributed by atoms with Gasteiger partial charge in [0, 0.05) is 19.0 Å². The molecule has 0 aliphatic rings. The lowest BCUT2D eigenvalue weighted by molar-refractivity contribution is 0.186. The Balaban J connectivity index is 2.22. The molecule has 0 aromatic carbocycles. The molecule has 74 valence electrons. The van der Waals surface area contributed by atoms with Gasteiger partial charge in [0.25, 0.3) is 0 Å². The second-order valence-electron chi connectivity index (χ2n) is 3.44. The van der Waals surface area contributed by atoms with Gasteiger partial charge in [0.2, 0.25) is 0 Å². The van der Waals surface area contributed by atoms with Crippen molar-refractivity contribution in [1.29, 1.82) is 0 Å². The summed E-state index contributed by atoms with van der Waals surface area (Å²) in [6.07, 6.45) is 2.25. The summed E-state index contributed by atoms with van der Waals surface area (Å²) in [5, 5.41) is 12.3. The van der Waals surface area contributed by atoms with Gasteiger partial charge >= 0.3 is 0 Å². The topological polar surface area (TPSA) is 45.4 Å². The fourth-order valence-electron chi connectivity index (χ4n) is 1.17. The van der Waals surface area contributed by atoms with E-state index in [0.29, 0.717) is 12.6 Å². The SMILES string of the molecule is CC(Cc1ccco1)NC[C@H](C)O. The molecule has 2 atom stereocenters. The van der Waals surface area contributed by atoms with E-state index in [1.807, 2.05) is 12.1 Å². The van der Waals surface area contributed by atoms with Gasteiger partial charge < -0.3 is 14.8 Å². The summed E-state index contributed by atoms with van der Waals surface area (Å²) in [5.41, 5.74) is 0. The van der Waals surface area contributed by atoms with E-state index in [-0.39, 0.29) is 6.10 Å². The van der Waals surface area contributed by atoms with Crippen LogP contribution in [0.25, 0.3) is 0 Å². The Labute approximate surface area is 78.8 Å². The van der Waals surface area contributed by atoms with Crippen LogP contribution in [0.3, 0.4) is 0 Å². The molecule has 1 unspecified atom stereocenters. The quantitative estimate of drug-likeness (QED) is 0.720. The van der Waals surface area contributed by atoms with Crippen LogP contribution < -0.4 is 5.32 Å². The van der Waals surface area contributed by atoms with Crippen molar-refractivity contribution in [2.75, 3.05) is 6.54 Å². The predicted octanol–water partition coefficient (Wildman–Crippen LogP) is 1.18. The van der Waals surface area contributed by atoms with E-state index in [9.17, 15) is 0 Å². The summed E-state index contributed by atoms with van der Waals surface area (Å²) >= 11 is 0. The van der Waals surface area contributed by atoms with Crippen molar-refractivity contribution < 1.29 is 9.52 Å². The molecular weight excluding hydrogens is 166 g/mol. The van der Waals surface area contributed by atoms with Gasteiger partial charge in [-0.2, -0.15) is 0 Å². The summed E-state index contributed by atoms with van der Waals surface area (Å²) in [6.45, 7) is 4.47. The maximum atomic E-state index is 9.04. The molecule has 0 saturated carbocycles. The average Bonchev–Trinajstić information content (AvgIpc) is 2.53. The smallest absolute Gasteiger partial charge is 0.105 e. The highest BCUT2D eigenvalue weighted by atomic mass is 16.3. The van der Waals surface area contributed by atoms with Crippen LogP contribution in [0.4, 0.5) is 0 Å². The zero-order valence-corrected chi connectivity index (χ0v) is 8.16. The third kappa shape index (κ3) is 4.10. The van der Waals surface area contributed by atoms with Crippen molar-refractivity contribution >= 4 is 0 Å². The van der Waals surface area contributed by atoms with E-state index in [2.05, 4.69) is 12.2 Å². The first kappa shape index (κ1) is 10.3. The molecular formula is C10H17NO2. The molecule has 0 spiro atoms. The molecule has 1 aromatic heterocycles. The summed E-state index contributed by atoms with van der Waals surface area (Å²) in [6, 6.07) is 4.18. The van der Waals surface area contributed by atoms with Crippen molar-refractivity contribution in [2.45, 2.75) is 32.4 Å². The Kier molecular flexibility index (Phi) is 3.99. The molecule has 2 N–H and O–H groups in total. The minimum Gasteiger partial charge on any atom is -0.469 e. The Bertz CT molecular complexity index is 219. The summed E-state index contributed by atoms with van der Waals surface area (Å²) in [7, 11) is 0. The molecule has 13 heavy (non-hydrogen) atoms. The monoisotopic (exact) mass is 183 g/mol. The van der Waals surface area contributed by atoms with Crippen molar-refractivity contribution in [2.24, 2.45) is 0 Å². The van der Waals surface area contributed by atoms with E-state index in [1.165, 1.54) is 0 Å². The third-order valence-corrected chi connectivity index (χ3v) is 1.85. The molecule has 1 aromatic rings. The predicted molar refractivity (Wildman–Crippen MR) is 51.6 cm³/mol. The standard InChI is InChI=1S/C10H17NO2/c1-8(11-7-9(2)12)6-10-4-3-5-13-10/h3-5,8-9,11-12H,6-7H2,1-2H3/t8?,9-/m0/s1. The van der Waals surface area contributed by atoms with Gasteiger partial charge in [0.05, 0.1) is 12.4 Å². The highest BCUT2D eigenvalue weighted by molar-refractivity contribution is 4.99. The number of hydrogen-bond donors (Lipinski definition) is 2. The number of hydrogen-bond acceptors (Lipinski definition) is 3. The first-order valence-corrected chi connectivity index (χ1v) is 4.62.